The van der Waals surface area contributed by atoms with Crippen LogP contribution < -0.4 is 0 Å². The topological polar surface area (TPSA) is 29.5 Å². The summed E-state index contributed by atoms with van der Waals surface area (Å²) in [6.45, 7) is 1.79. The van der Waals surface area contributed by atoms with Crippen molar-refractivity contribution in [3.8, 4) is 0 Å². The first-order chi connectivity index (χ1) is 15.7. The van der Waals surface area contributed by atoms with Gasteiger partial charge in [0.05, 0.1) is 7.11 Å². The molecule has 1 saturated heterocycles. The zero-order valence-electron chi connectivity index (χ0n) is 18.5. The lowest BCUT2D eigenvalue weighted by atomic mass is 9.57. The van der Waals surface area contributed by atoms with E-state index in [0.29, 0.717) is 6.42 Å². The van der Waals surface area contributed by atoms with E-state index in [1.807, 2.05) is 6.07 Å². The molecule has 1 aliphatic carbocycles. The summed E-state index contributed by atoms with van der Waals surface area (Å²) in [5.74, 6) is 1.02. The van der Waals surface area contributed by atoms with Crippen LogP contribution in [-0.2, 0) is 21.5 Å². The molecule has 3 aromatic carbocycles. The van der Waals surface area contributed by atoms with Gasteiger partial charge in [-0.1, -0.05) is 91.0 Å². The molecule has 2 aliphatic rings. The number of hydrogen-bond acceptors (Lipinski definition) is 3. The van der Waals surface area contributed by atoms with Gasteiger partial charge in [0.1, 0.15) is 5.76 Å². The van der Waals surface area contributed by atoms with Crippen LogP contribution >= 0.6 is 0 Å². The first-order valence-corrected chi connectivity index (χ1v) is 11.4. The number of methoxy groups -OCH3 is 1. The number of carbonyl (C=O) groups is 1. The Labute approximate surface area is 190 Å². The standard InChI is InChI=1S/C29H29NO2/c1-32-26-19-25(31)20-29(24-15-9-4-10-16-24)17-18-30(21-22-11-5-2-6-12-22)28(27(26)29)23-13-7-3-8-14-23/h2-16,19,27-28H,17-18,20-21H2,1H3/t27-,28-,29-/m1/s1. The molecule has 3 nitrogen and oxygen atoms in total. The van der Waals surface area contributed by atoms with Crippen molar-refractivity contribution in [1.82, 2.24) is 4.90 Å². The monoisotopic (exact) mass is 423 g/mol. The van der Waals surface area contributed by atoms with Crippen molar-refractivity contribution in [3.05, 3.63) is 120 Å². The maximum absolute atomic E-state index is 12.9. The van der Waals surface area contributed by atoms with Crippen molar-refractivity contribution in [2.24, 2.45) is 5.92 Å². The van der Waals surface area contributed by atoms with E-state index in [1.54, 1.807) is 13.2 Å². The van der Waals surface area contributed by atoms with Gasteiger partial charge >= 0.3 is 0 Å². The van der Waals surface area contributed by atoms with Crippen molar-refractivity contribution in [2.45, 2.75) is 30.8 Å². The molecule has 0 N–H and O–H groups in total. The van der Waals surface area contributed by atoms with Crippen LogP contribution in [-0.4, -0.2) is 24.3 Å². The molecule has 0 spiro atoms. The average molecular weight is 424 g/mol. The van der Waals surface area contributed by atoms with Gasteiger partial charge in [-0.25, -0.2) is 0 Å². The van der Waals surface area contributed by atoms with Gasteiger partial charge in [-0.3, -0.25) is 9.69 Å². The third-order valence-electron chi connectivity index (χ3n) is 7.20. The minimum atomic E-state index is -0.272. The van der Waals surface area contributed by atoms with E-state index in [0.717, 1.165) is 25.3 Å². The summed E-state index contributed by atoms with van der Waals surface area (Å²) in [7, 11) is 1.71. The van der Waals surface area contributed by atoms with Crippen LogP contribution in [0, 0.1) is 5.92 Å². The molecule has 3 aromatic rings. The normalized spacial score (nSPS) is 25.7. The van der Waals surface area contributed by atoms with Gasteiger partial charge in [-0.05, 0) is 23.1 Å². The minimum Gasteiger partial charge on any atom is -0.501 e. The maximum Gasteiger partial charge on any atom is 0.159 e. The molecule has 0 amide bonds. The molecule has 1 fully saturated rings. The summed E-state index contributed by atoms with van der Waals surface area (Å²) in [6.07, 6.45) is 3.19. The second kappa shape index (κ2) is 8.76. The highest BCUT2D eigenvalue weighted by atomic mass is 16.5. The highest BCUT2D eigenvalue weighted by Crippen LogP contribution is 2.55. The number of benzene rings is 3. The Balaban J connectivity index is 1.67. The Morgan fingerprint density at radius 1 is 0.906 bits per heavy atom. The summed E-state index contributed by atoms with van der Waals surface area (Å²) in [5, 5.41) is 0. The van der Waals surface area contributed by atoms with Crippen LogP contribution in [0.3, 0.4) is 0 Å². The lowest BCUT2D eigenvalue weighted by Gasteiger charge is -2.54. The fourth-order valence-corrected chi connectivity index (χ4v) is 5.82. The fourth-order valence-electron chi connectivity index (χ4n) is 5.82. The highest BCUT2D eigenvalue weighted by molar-refractivity contribution is 5.92. The smallest absolute Gasteiger partial charge is 0.159 e. The number of allylic oxidation sites excluding steroid dienone is 1. The van der Waals surface area contributed by atoms with E-state index in [1.165, 1.54) is 16.7 Å². The third-order valence-corrected chi connectivity index (χ3v) is 7.20. The number of ether oxygens (including phenoxy) is 1. The van der Waals surface area contributed by atoms with E-state index in [2.05, 4.69) is 89.8 Å². The molecular formula is C29H29NO2. The molecule has 1 heterocycles. The van der Waals surface area contributed by atoms with Crippen LogP contribution in [0.15, 0.2) is 103 Å². The maximum atomic E-state index is 12.9. The molecule has 0 aromatic heterocycles. The lowest BCUT2D eigenvalue weighted by molar-refractivity contribution is -0.119. The summed E-state index contributed by atoms with van der Waals surface area (Å²) < 4.78 is 5.94. The number of nitrogens with zero attached hydrogens (tertiary/aromatic N) is 1. The van der Waals surface area contributed by atoms with Crippen LogP contribution in [0.5, 0.6) is 0 Å². The summed E-state index contributed by atoms with van der Waals surface area (Å²) >= 11 is 0. The predicted octanol–water partition coefficient (Wildman–Crippen LogP) is 5.69. The molecule has 0 bridgehead atoms. The molecule has 162 valence electrons. The van der Waals surface area contributed by atoms with Gasteiger partial charge < -0.3 is 4.74 Å². The molecule has 5 rings (SSSR count). The summed E-state index contributed by atoms with van der Waals surface area (Å²) in [6, 6.07) is 32.1. The molecule has 3 heteroatoms. The molecule has 0 saturated carbocycles. The second-order valence-corrected chi connectivity index (χ2v) is 8.96. The first-order valence-electron chi connectivity index (χ1n) is 11.4. The van der Waals surface area contributed by atoms with Crippen molar-refractivity contribution in [3.63, 3.8) is 0 Å². The van der Waals surface area contributed by atoms with Gasteiger partial charge in [0.15, 0.2) is 5.78 Å². The largest absolute Gasteiger partial charge is 0.501 e. The van der Waals surface area contributed by atoms with Crippen molar-refractivity contribution in [2.75, 3.05) is 13.7 Å². The number of fused-ring (bicyclic) bond motifs is 1. The van der Waals surface area contributed by atoms with Gasteiger partial charge in [0.2, 0.25) is 0 Å². The van der Waals surface area contributed by atoms with E-state index in [4.69, 9.17) is 4.74 Å². The average Bonchev–Trinajstić information content (AvgIpc) is 2.85. The zero-order valence-corrected chi connectivity index (χ0v) is 18.5. The summed E-state index contributed by atoms with van der Waals surface area (Å²) in [5.41, 5.74) is 3.54. The fraction of sp³-hybridized carbons (Fsp3) is 0.276. The van der Waals surface area contributed by atoms with Gasteiger partial charge in [0, 0.05) is 43.0 Å². The third kappa shape index (κ3) is 3.67. The number of hydrogen-bond donors (Lipinski definition) is 0. The molecule has 3 atom stereocenters. The Morgan fingerprint density at radius 2 is 1.53 bits per heavy atom. The van der Waals surface area contributed by atoms with Gasteiger partial charge in [-0.15, -0.1) is 0 Å². The number of piperidine rings is 1. The quantitative estimate of drug-likeness (QED) is 0.528. The Hall–Kier alpha value is -3.17. The van der Waals surface area contributed by atoms with E-state index >= 15 is 0 Å². The Kier molecular flexibility index (Phi) is 5.67. The van der Waals surface area contributed by atoms with E-state index < -0.39 is 0 Å². The van der Waals surface area contributed by atoms with Crippen LogP contribution in [0.4, 0.5) is 0 Å². The van der Waals surface area contributed by atoms with E-state index in [9.17, 15) is 4.79 Å². The second-order valence-electron chi connectivity index (χ2n) is 8.96. The molecular weight excluding hydrogens is 394 g/mol. The molecule has 0 radical (unpaired) electrons. The minimum absolute atomic E-state index is 0.0625. The summed E-state index contributed by atoms with van der Waals surface area (Å²) in [4.78, 5) is 15.5. The van der Waals surface area contributed by atoms with E-state index in [-0.39, 0.29) is 23.2 Å². The van der Waals surface area contributed by atoms with Crippen molar-refractivity contribution >= 4 is 5.78 Å². The number of likely N-dealkylation sites (tertiary alicyclic amines) is 1. The number of carbonyl (C=O) groups excluding carboxylic acids is 1. The number of rotatable bonds is 5. The van der Waals surface area contributed by atoms with Gasteiger partial charge in [-0.2, -0.15) is 0 Å². The Bertz CT molecular complexity index is 1090. The van der Waals surface area contributed by atoms with Crippen molar-refractivity contribution in [1.29, 1.82) is 0 Å². The van der Waals surface area contributed by atoms with Crippen LogP contribution in [0.1, 0.15) is 35.6 Å². The van der Waals surface area contributed by atoms with Crippen molar-refractivity contribution < 1.29 is 9.53 Å². The number of ketones is 1. The first kappa shape index (κ1) is 20.7. The zero-order chi connectivity index (χ0) is 22.0. The SMILES string of the molecule is COC1=CC(=O)C[C@@]2(c3ccccc3)CCN(Cc3ccccc3)[C@H](c3ccccc3)[C@@H]12. The predicted molar refractivity (Wildman–Crippen MR) is 127 cm³/mol. The molecule has 0 unspecified atom stereocenters. The van der Waals surface area contributed by atoms with Gasteiger partial charge in [0.25, 0.3) is 0 Å². The lowest BCUT2D eigenvalue weighted by Crippen LogP contribution is -2.54. The Morgan fingerprint density at radius 3 is 2.19 bits per heavy atom. The molecule has 32 heavy (non-hydrogen) atoms. The highest BCUT2D eigenvalue weighted by Gasteiger charge is 2.54. The van der Waals surface area contributed by atoms with Crippen LogP contribution in [0.25, 0.3) is 0 Å². The van der Waals surface area contributed by atoms with Crippen LogP contribution in [0.2, 0.25) is 0 Å². The molecule has 1 aliphatic heterocycles.